The van der Waals surface area contributed by atoms with Crippen LogP contribution in [0, 0.1) is 0 Å². The van der Waals surface area contributed by atoms with E-state index in [1.807, 2.05) is 45.0 Å². The molecule has 1 aliphatic rings. The molecule has 1 fully saturated rings. The molecule has 24 heavy (non-hydrogen) atoms. The molecule has 1 N–H and O–H groups in total. The Morgan fingerprint density at radius 3 is 2.88 bits per heavy atom. The highest BCUT2D eigenvalue weighted by molar-refractivity contribution is 5.88. The third-order valence-electron chi connectivity index (χ3n) is 4.37. The third kappa shape index (κ3) is 4.49. The van der Waals surface area contributed by atoms with Gasteiger partial charge in [0.1, 0.15) is 11.8 Å². The fourth-order valence-electron chi connectivity index (χ4n) is 3.13. The third-order valence-corrected chi connectivity index (χ3v) is 4.37. The molecule has 5 nitrogen and oxygen atoms in total. The standard InChI is InChI=1S/C19H28N2O3/c1-4-8-18(22)21-12-7-11-17(21)19(23)20-14(3)15-9-6-10-16(13-15)24-5-2/h6,9-10,13-14,17H,4-5,7-8,11-12H2,1-3H3,(H,20,23)/t14-,17+/m1/s1. The Balaban J connectivity index is 2.00. The number of rotatable bonds is 7. The van der Waals surface area contributed by atoms with Crippen molar-refractivity contribution in [1.29, 1.82) is 0 Å². The van der Waals surface area contributed by atoms with Gasteiger partial charge >= 0.3 is 0 Å². The van der Waals surface area contributed by atoms with Gasteiger partial charge in [0.25, 0.3) is 0 Å². The van der Waals surface area contributed by atoms with Crippen molar-refractivity contribution in [2.24, 2.45) is 0 Å². The lowest BCUT2D eigenvalue weighted by Crippen LogP contribution is -2.46. The summed E-state index contributed by atoms with van der Waals surface area (Å²) in [5, 5.41) is 3.05. The summed E-state index contributed by atoms with van der Waals surface area (Å²) in [5.74, 6) is 0.823. The van der Waals surface area contributed by atoms with Crippen molar-refractivity contribution in [3.05, 3.63) is 29.8 Å². The van der Waals surface area contributed by atoms with Crippen molar-refractivity contribution in [3.63, 3.8) is 0 Å². The highest BCUT2D eigenvalue weighted by atomic mass is 16.5. The van der Waals surface area contributed by atoms with E-state index in [1.54, 1.807) is 4.90 Å². The minimum Gasteiger partial charge on any atom is -0.494 e. The van der Waals surface area contributed by atoms with Gasteiger partial charge in [0.05, 0.1) is 12.6 Å². The molecule has 0 aromatic heterocycles. The summed E-state index contributed by atoms with van der Waals surface area (Å²) in [6.07, 6.45) is 2.95. The maximum Gasteiger partial charge on any atom is 0.243 e. The zero-order valence-electron chi connectivity index (χ0n) is 14.9. The molecule has 0 unspecified atom stereocenters. The van der Waals surface area contributed by atoms with Gasteiger partial charge in [-0.3, -0.25) is 9.59 Å². The van der Waals surface area contributed by atoms with Crippen LogP contribution >= 0.6 is 0 Å². The number of likely N-dealkylation sites (tertiary alicyclic amines) is 1. The van der Waals surface area contributed by atoms with Crippen LogP contribution < -0.4 is 10.1 Å². The molecular weight excluding hydrogens is 304 g/mol. The number of nitrogens with one attached hydrogen (secondary N) is 1. The SMILES string of the molecule is CCCC(=O)N1CCC[C@H]1C(=O)N[C@H](C)c1cccc(OCC)c1. The first kappa shape index (κ1) is 18.3. The van der Waals surface area contributed by atoms with Crippen molar-refractivity contribution in [3.8, 4) is 5.75 Å². The molecule has 0 spiro atoms. The predicted molar refractivity (Wildman–Crippen MR) is 93.8 cm³/mol. The molecule has 0 bridgehead atoms. The lowest BCUT2D eigenvalue weighted by atomic mass is 10.1. The fraction of sp³-hybridized carbons (Fsp3) is 0.579. The van der Waals surface area contributed by atoms with Gasteiger partial charge in [-0.1, -0.05) is 19.1 Å². The summed E-state index contributed by atoms with van der Waals surface area (Å²) in [6, 6.07) is 7.30. The quantitative estimate of drug-likeness (QED) is 0.835. The van der Waals surface area contributed by atoms with Gasteiger partial charge in [-0.05, 0) is 50.8 Å². The van der Waals surface area contributed by atoms with Gasteiger partial charge in [0.2, 0.25) is 11.8 Å². The lowest BCUT2D eigenvalue weighted by Gasteiger charge is -2.25. The maximum absolute atomic E-state index is 12.6. The fourth-order valence-corrected chi connectivity index (χ4v) is 3.13. The average Bonchev–Trinajstić information content (AvgIpc) is 3.05. The second-order valence-electron chi connectivity index (χ2n) is 6.23. The van der Waals surface area contributed by atoms with E-state index in [0.29, 0.717) is 19.6 Å². The van der Waals surface area contributed by atoms with Gasteiger partial charge in [0.15, 0.2) is 0 Å². The van der Waals surface area contributed by atoms with Gasteiger partial charge < -0.3 is 15.0 Å². The molecular formula is C19H28N2O3. The number of hydrogen-bond donors (Lipinski definition) is 1. The number of benzene rings is 1. The summed E-state index contributed by atoms with van der Waals surface area (Å²) in [7, 11) is 0. The van der Waals surface area contributed by atoms with Crippen LogP contribution in [-0.4, -0.2) is 35.9 Å². The second kappa shape index (κ2) is 8.71. The van der Waals surface area contributed by atoms with E-state index in [1.165, 1.54) is 0 Å². The van der Waals surface area contributed by atoms with Crippen molar-refractivity contribution in [1.82, 2.24) is 10.2 Å². The number of carbonyl (C=O) groups is 2. The number of nitrogens with zero attached hydrogens (tertiary/aromatic N) is 1. The molecule has 2 rings (SSSR count). The summed E-state index contributed by atoms with van der Waals surface area (Å²) in [6.45, 7) is 7.18. The monoisotopic (exact) mass is 332 g/mol. The highest BCUT2D eigenvalue weighted by Gasteiger charge is 2.34. The Bertz CT molecular complexity index is 573. The van der Waals surface area contributed by atoms with Gasteiger partial charge in [-0.2, -0.15) is 0 Å². The first-order valence-corrected chi connectivity index (χ1v) is 8.89. The van der Waals surface area contributed by atoms with E-state index in [0.717, 1.165) is 30.6 Å². The summed E-state index contributed by atoms with van der Waals surface area (Å²) < 4.78 is 5.51. The molecule has 1 heterocycles. The van der Waals surface area contributed by atoms with Crippen molar-refractivity contribution >= 4 is 11.8 Å². The summed E-state index contributed by atoms with van der Waals surface area (Å²) in [4.78, 5) is 26.5. The molecule has 0 radical (unpaired) electrons. The molecule has 5 heteroatoms. The van der Waals surface area contributed by atoms with E-state index in [9.17, 15) is 9.59 Å². The smallest absolute Gasteiger partial charge is 0.243 e. The van der Waals surface area contributed by atoms with Crippen LogP contribution in [0.4, 0.5) is 0 Å². The van der Waals surface area contributed by atoms with Crippen LogP contribution in [0.2, 0.25) is 0 Å². The molecule has 2 atom stereocenters. The first-order valence-electron chi connectivity index (χ1n) is 8.89. The van der Waals surface area contributed by atoms with Crippen LogP contribution in [0.3, 0.4) is 0 Å². The molecule has 132 valence electrons. The highest BCUT2D eigenvalue weighted by Crippen LogP contribution is 2.22. The Hall–Kier alpha value is -2.04. The molecule has 2 amide bonds. The second-order valence-corrected chi connectivity index (χ2v) is 6.23. The number of carbonyl (C=O) groups excluding carboxylic acids is 2. The van der Waals surface area contributed by atoms with Gasteiger partial charge in [-0.25, -0.2) is 0 Å². The van der Waals surface area contributed by atoms with Gasteiger partial charge in [-0.15, -0.1) is 0 Å². The summed E-state index contributed by atoms with van der Waals surface area (Å²) in [5.41, 5.74) is 0.999. The van der Waals surface area contributed by atoms with Crippen LogP contribution in [0.1, 0.15) is 58.1 Å². The largest absolute Gasteiger partial charge is 0.494 e. The molecule has 1 aromatic carbocycles. The van der Waals surface area contributed by atoms with Gasteiger partial charge in [0, 0.05) is 13.0 Å². The zero-order chi connectivity index (χ0) is 17.5. The number of hydrogen-bond acceptors (Lipinski definition) is 3. The Labute approximate surface area is 144 Å². The molecule has 1 saturated heterocycles. The minimum absolute atomic E-state index is 0.0636. The number of amides is 2. The van der Waals surface area contributed by atoms with Crippen LogP contribution in [0.5, 0.6) is 5.75 Å². The van der Waals surface area contributed by atoms with Crippen molar-refractivity contribution in [2.45, 2.75) is 58.5 Å². The first-order chi connectivity index (χ1) is 11.6. The van der Waals surface area contributed by atoms with Crippen LogP contribution in [-0.2, 0) is 9.59 Å². The molecule has 0 aliphatic carbocycles. The van der Waals surface area contributed by atoms with E-state index < -0.39 is 0 Å². The Morgan fingerprint density at radius 2 is 2.17 bits per heavy atom. The normalized spacial score (nSPS) is 18.3. The van der Waals surface area contributed by atoms with E-state index in [2.05, 4.69) is 5.32 Å². The Morgan fingerprint density at radius 1 is 1.38 bits per heavy atom. The van der Waals surface area contributed by atoms with Crippen LogP contribution in [0.15, 0.2) is 24.3 Å². The van der Waals surface area contributed by atoms with E-state index in [4.69, 9.17) is 4.74 Å². The van der Waals surface area contributed by atoms with E-state index >= 15 is 0 Å². The molecule has 0 saturated carbocycles. The average molecular weight is 332 g/mol. The van der Waals surface area contributed by atoms with Crippen LogP contribution in [0.25, 0.3) is 0 Å². The molecule has 1 aromatic rings. The van der Waals surface area contributed by atoms with Crippen molar-refractivity contribution < 1.29 is 14.3 Å². The Kier molecular flexibility index (Phi) is 6.64. The van der Waals surface area contributed by atoms with Crippen molar-refractivity contribution in [2.75, 3.05) is 13.2 Å². The zero-order valence-corrected chi connectivity index (χ0v) is 14.9. The topological polar surface area (TPSA) is 58.6 Å². The lowest BCUT2D eigenvalue weighted by molar-refractivity contribution is -0.138. The minimum atomic E-state index is -0.332. The van der Waals surface area contributed by atoms with E-state index in [-0.39, 0.29) is 23.9 Å². The molecule has 1 aliphatic heterocycles. The number of ether oxygens (including phenoxy) is 1. The predicted octanol–water partition coefficient (Wildman–Crippen LogP) is 3.05. The maximum atomic E-state index is 12.6. The summed E-state index contributed by atoms with van der Waals surface area (Å²) >= 11 is 0.